The number of piperidine rings is 1. The number of likely N-dealkylation sites (tertiary alicyclic amines) is 1. The predicted molar refractivity (Wildman–Crippen MR) is 59.2 cm³/mol. The van der Waals surface area contributed by atoms with Gasteiger partial charge in [-0.2, -0.15) is 0 Å². The van der Waals surface area contributed by atoms with Gasteiger partial charge in [0.25, 0.3) is 0 Å². The van der Waals surface area contributed by atoms with Crippen LogP contribution in [0, 0.1) is 0 Å². The molecule has 3 nitrogen and oxygen atoms in total. The van der Waals surface area contributed by atoms with Crippen LogP contribution in [0.1, 0.15) is 33.6 Å². The molecule has 1 aliphatic rings. The second-order valence-corrected chi connectivity index (χ2v) is 7.40. The molecule has 0 aromatic carbocycles. The summed E-state index contributed by atoms with van der Waals surface area (Å²) in [6.07, 6.45) is 1.58. The fourth-order valence-electron chi connectivity index (χ4n) is 1.93. The molecule has 1 saturated heterocycles. The van der Waals surface area contributed by atoms with Crippen LogP contribution in [0.15, 0.2) is 0 Å². The maximum Gasteiger partial charge on any atom is 0.155 e. The van der Waals surface area contributed by atoms with E-state index in [-0.39, 0.29) is 10.5 Å². The van der Waals surface area contributed by atoms with Gasteiger partial charge in [-0.15, -0.1) is 0 Å². The Hall–Kier alpha value is -0.0900. The average Bonchev–Trinajstić information content (AvgIpc) is 2.09. The highest BCUT2D eigenvalue weighted by atomic mass is 32.2. The Morgan fingerprint density at radius 2 is 1.93 bits per heavy atom. The van der Waals surface area contributed by atoms with Crippen LogP contribution < -0.4 is 0 Å². The fraction of sp³-hybridized carbons (Fsp3) is 1.00. The summed E-state index contributed by atoms with van der Waals surface area (Å²) >= 11 is 0. The minimum Gasteiger partial charge on any atom is -0.304 e. The molecule has 14 heavy (non-hydrogen) atoms. The Balaban J connectivity index is 2.73. The molecule has 0 aromatic heterocycles. The van der Waals surface area contributed by atoms with Gasteiger partial charge in [0.1, 0.15) is 0 Å². The molecule has 0 radical (unpaired) electrons. The Bertz CT molecular complexity index is 284. The van der Waals surface area contributed by atoms with Gasteiger partial charge in [-0.1, -0.05) is 0 Å². The van der Waals surface area contributed by atoms with Gasteiger partial charge in [-0.25, -0.2) is 8.42 Å². The van der Waals surface area contributed by atoms with Crippen LogP contribution in [-0.2, 0) is 9.84 Å². The molecule has 0 bridgehead atoms. The van der Waals surface area contributed by atoms with E-state index in [9.17, 15) is 8.42 Å². The van der Waals surface area contributed by atoms with E-state index in [4.69, 9.17) is 0 Å². The number of nitrogens with zero attached hydrogens (tertiary/aromatic N) is 1. The van der Waals surface area contributed by atoms with Gasteiger partial charge in [0.05, 0.1) is 10.5 Å². The van der Waals surface area contributed by atoms with Gasteiger partial charge >= 0.3 is 0 Å². The lowest BCUT2D eigenvalue weighted by Crippen LogP contribution is -2.44. The number of hydrogen-bond donors (Lipinski definition) is 0. The summed E-state index contributed by atoms with van der Waals surface area (Å²) in [4.78, 5) is 2.23. The number of sulfone groups is 1. The third-order valence-corrected chi connectivity index (χ3v) is 5.95. The van der Waals surface area contributed by atoms with E-state index in [1.165, 1.54) is 0 Å². The van der Waals surface area contributed by atoms with Gasteiger partial charge in [-0.3, -0.25) is 0 Å². The van der Waals surface area contributed by atoms with Gasteiger partial charge in [0.15, 0.2) is 9.84 Å². The van der Waals surface area contributed by atoms with Crippen LogP contribution in [0.2, 0.25) is 0 Å². The van der Waals surface area contributed by atoms with E-state index in [0.717, 1.165) is 19.4 Å². The van der Waals surface area contributed by atoms with Crippen molar-refractivity contribution < 1.29 is 8.42 Å². The van der Waals surface area contributed by atoms with Crippen molar-refractivity contribution in [3.05, 3.63) is 0 Å². The van der Waals surface area contributed by atoms with E-state index in [1.54, 1.807) is 13.8 Å². The first kappa shape index (κ1) is 12.0. The largest absolute Gasteiger partial charge is 0.304 e. The summed E-state index contributed by atoms with van der Waals surface area (Å²) in [5, 5.41) is -0.350. The topological polar surface area (TPSA) is 37.4 Å². The predicted octanol–water partition coefficient (Wildman–Crippen LogP) is 1.29. The van der Waals surface area contributed by atoms with E-state index in [2.05, 4.69) is 18.9 Å². The summed E-state index contributed by atoms with van der Waals surface area (Å²) in [6.45, 7) is 6.55. The maximum absolute atomic E-state index is 11.9. The Morgan fingerprint density at radius 3 is 2.36 bits per heavy atom. The third-order valence-electron chi connectivity index (χ3n) is 3.28. The van der Waals surface area contributed by atoms with Crippen LogP contribution >= 0.6 is 0 Å². The van der Waals surface area contributed by atoms with Crippen molar-refractivity contribution in [2.45, 2.75) is 50.2 Å². The van der Waals surface area contributed by atoms with Crippen LogP contribution in [0.25, 0.3) is 0 Å². The van der Waals surface area contributed by atoms with Crippen LogP contribution in [0.3, 0.4) is 0 Å². The van der Waals surface area contributed by atoms with Crippen molar-refractivity contribution in [1.82, 2.24) is 4.90 Å². The zero-order valence-corrected chi connectivity index (χ0v) is 10.3. The highest BCUT2D eigenvalue weighted by Gasteiger charge is 2.33. The minimum absolute atomic E-state index is 0.117. The zero-order valence-electron chi connectivity index (χ0n) is 9.53. The molecule has 2 unspecified atom stereocenters. The van der Waals surface area contributed by atoms with E-state index < -0.39 is 9.84 Å². The first-order valence-corrected chi connectivity index (χ1v) is 6.89. The third kappa shape index (κ3) is 2.28. The average molecular weight is 219 g/mol. The van der Waals surface area contributed by atoms with E-state index in [1.807, 2.05) is 0 Å². The lowest BCUT2D eigenvalue weighted by atomic mass is 10.0. The monoisotopic (exact) mass is 219 g/mol. The standard InChI is InChI=1S/C10H21NO2S/c1-8(2)14(12,13)10-5-6-11(4)9(3)7-10/h8-10H,5-7H2,1-4H3. The smallest absolute Gasteiger partial charge is 0.155 e. The minimum atomic E-state index is -2.88. The highest BCUT2D eigenvalue weighted by Crippen LogP contribution is 2.24. The second kappa shape index (κ2) is 4.19. The zero-order chi connectivity index (χ0) is 10.9. The van der Waals surface area contributed by atoms with Crippen molar-refractivity contribution in [2.24, 2.45) is 0 Å². The molecule has 1 rings (SSSR count). The van der Waals surface area contributed by atoms with Crippen molar-refractivity contribution >= 4 is 9.84 Å². The molecule has 0 N–H and O–H groups in total. The molecule has 4 heteroatoms. The maximum atomic E-state index is 11.9. The first-order valence-electron chi connectivity index (χ1n) is 5.28. The summed E-state index contributed by atoms with van der Waals surface area (Å²) in [7, 11) is -0.825. The van der Waals surface area contributed by atoms with Crippen molar-refractivity contribution in [1.29, 1.82) is 0 Å². The summed E-state index contributed by atoms with van der Waals surface area (Å²) in [5.41, 5.74) is 0. The molecule has 0 spiro atoms. The van der Waals surface area contributed by atoms with Gasteiger partial charge < -0.3 is 4.90 Å². The molecule has 0 aliphatic carbocycles. The Labute approximate surface area is 87.4 Å². The fourth-order valence-corrected chi connectivity index (χ4v) is 3.68. The molecule has 0 amide bonds. The Morgan fingerprint density at radius 1 is 1.36 bits per heavy atom. The molecule has 2 atom stereocenters. The van der Waals surface area contributed by atoms with Crippen LogP contribution in [0.4, 0.5) is 0 Å². The summed E-state index contributed by atoms with van der Waals surface area (Å²) in [6, 6.07) is 0.391. The quantitative estimate of drug-likeness (QED) is 0.702. The molecule has 1 fully saturated rings. The van der Waals surface area contributed by atoms with E-state index in [0.29, 0.717) is 6.04 Å². The molecule has 0 saturated carbocycles. The molecule has 84 valence electrons. The molecule has 1 aliphatic heterocycles. The molecule has 0 aromatic rings. The van der Waals surface area contributed by atoms with Crippen LogP contribution in [0.5, 0.6) is 0 Å². The normalized spacial score (nSPS) is 30.9. The highest BCUT2D eigenvalue weighted by molar-refractivity contribution is 7.92. The molecule has 1 heterocycles. The van der Waals surface area contributed by atoms with Crippen LogP contribution in [-0.4, -0.2) is 43.5 Å². The van der Waals surface area contributed by atoms with Crippen molar-refractivity contribution in [3.63, 3.8) is 0 Å². The summed E-state index contributed by atoms with van der Waals surface area (Å²) in [5.74, 6) is 0. The first-order chi connectivity index (χ1) is 6.35. The van der Waals surface area contributed by atoms with Crippen molar-refractivity contribution in [2.75, 3.05) is 13.6 Å². The van der Waals surface area contributed by atoms with Gasteiger partial charge in [0, 0.05) is 6.04 Å². The lowest BCUT2D eigenvalue weighted by molar-refractivity contribution is 0.201. The molecular weight excluding hydrogens is 198 g/mol. The van der Waals surface area contributed by atoms with Gasteiger partial charge in [-0.05, 0) is 47.2 Å². The SMILES string of the molecule is CC1CC(S(=O)(=O)C(C)C)CCN1C. The van der Waals surface area contributed by atoms with Crippen molar-refractivity contribution in [3.8, 4) is 0 Å². The number of rotatable bonds is 2. The Kier molecular flexibility index (Phi) is 3.58. The van der Waals surface area contributed by atoms with E-state index >= 15 is 0 Å². The second-order valence-electron chi connectivity index (χ2n) is 4.61. The number of hydrogen-bond acceptors (Lipinski definition) is 3. The van der Waals surface area contributed by atoms with Gasteiger partial charge in [0.2, 0.25) is 0 Å². The molecular formula is C10H21NO2S. The summed E-state index contributed by atoms with van der Waals surface area (Å²) < 4.78 is 23.8. The lowest BCUT2D eigenvalue weighted by Gasteiger charge is -2.35.